The van der Waals surface area contributed by atoms with E-state index in [0.29, 0.717) is 19.6 Å². The summed E-state index contributed by atoms with van der Waals surface area (Å²) in [6.07, 6.45) is 0.785. The maximum absolute atomic E-state index is 11.7. The van der Waals surface area contributed by atoms with E-state index in [2.05, 4.69) is 0 Å². The van der Waals surface area contributed by atoms with Gasteiger partial charge in [-0.1, -0.05) is 23.7 Å². The summed E-state index contributed by atoms with van der Waals surface area (Å²) in [6.45, 7) is 1.87. The van der Waals surface area contributed by atoms with Crippen molar-refractivity contribution < 1.29 is 9.53 Å². The number of hydrogen-bond acceptors (Lipinski definition) is 3. The molecule has 1 aliphatic rings. The molecule has 0 aromatic heterocycles. The third-order valence-electron chi connectivity index (χ3n) is 3.07. The molecule has 0 bridgehead atoms. The molecule has 1 fully saturated rings. The highest BCUT2D eigenvalue weighted by atomic mass is 35.5. The van der Waals surface area contributed by atoms with Crippen LogP contribution in [0.3, 0.4) is 0 Å². The summed E-state index contributed by atoms with van der Waals surface area (Å²) in [6, 6.07) is 7.68. The zero-order valence-corrected chi connectivity index (χ0v) is 10.9. The van der Waals surface area contributed by atoms with Crippen LogP contribution in [0.4, 0.5) is 0 Å². The van der Waals surface area contributed by atoms with Gasteiger partial charge in [0.2, 0.25) is 5.91 Å². The lowest BCUT2D eigenvalue weighted by Crippen LogP contribution is -2.49. The Kier molecular flexibility index (Phi) is 4.58. The van der Waals surface area contributed by atoms with Gasteiger partial charge in [-0.05, 0) is 24.1 Å². The van der Waals surface area contributed by atoms with Gasteiger partial charge >= 0.3 is 0 Å². The van der Waals surface area contributed by atoms with Crippen LogP contribution in [0.2, 0.25) is 5.02 Å². The first kappa shape index (κ1) is 13.3. The number of halogens is 1. The molecule has 0 spiro atoms. The summed E-state index contributed by atoms with van der Waals surface area (Å²) in [7, 11) is 0. The number of hydrogen-bond donors (Lipinski definition) is 1. The van der Waals surface area contributed by atoms with E-state index in [9.17, 15) is 4.79 Å². The molecule has 1 heterocycles. The van der Waals surface area contributed by atoms with Crippen molar-refractivity contribution in [3.63, 3.8) is 0 Å². The van der Waals surface area contributed by atoms with Crippen LogP contribution >= 0.6 is 11.6 Å². The molecule has 0 radical (unpaired) electrons. The lowest BCUT2D eigenvalue weighted by Gasteiger charge is -2.32. The maximum Gasteiger partial charge on any atom is 0.248 e. The number of benzene rings is 1. The third-order valence-corrected chi connectivity index (χ3v) is 3.32. The summed E-state index contributed by atoms with van der Waals surface area (Å²) >= 11 is 5.83. The average molecular weight is 269 g/mol. The SMILES string of the molecule is NCC1CN(CCc2ccc(Cl)cc2)C(=O)CO1. The molecule has 5 heteroatoms. The molecule has 1 saturated heterocycles. The molecule has 1 aromatic carbocycles. The van der Waals surface area contributed by atoms with Gasteiger partial charge in [0.1, 0.15) is 6.61 Å². The van der Waals surface area contributed by atoms with E-state index >= 15 is 0 Å². The number of carbonyl (C=O) groups is 1. The van der Waals surface area contributed by atoms with Gasteiger partial charge in [0.15, 0.2) is 0 Å². The first-order valence-corrected chi connectivity index (χ1v) is 6.40. The lowest BCUT2D eigenvalue weighted by atomic mass is 10.1. The Labute approximate surface area is 112 Å². The summed E-state index contributed by atoms with van der Waals surface area (Å²) in [5.74, 6) is 0.0358. The van der Waals surface area contributed by atoms with Crippen molar-refractivity contribution in [1.82, 2.24) is 4.90 Å². The van der Waals surface area contributed by atoms with E-state index in [1.54, 1.807) is 0 Å². The third kappa shape index (κ3) is 3.45. The fourth-order valence-electron chi connectivity index (χ4n) is 1.95. The van der Waals surface area contributed by atoms with Gasteiger partial charge in [-0.3, -0.25) is 4.79 Å². The van der Waals surface area contributed by atoms with Crippen molar-refractivity contribution in [2.24, 2.45) is 5.73 Å². The van der Waals surface area contributed by atoms with E-state index in [0.717, 1.165) is 11.4 Å². The van der Waals surface area contributed by atoms with Crippen molar-refractivity contribution >= 4 is 17.5 Å². The Morgan fingerprint density at radius 2 is 2.11 bits per heavy atom. The van der Waals surface area contributed by atoms with Crippen LogP contribution in [0, 0.1) is 0 Å². The highest BCUT2D eigenvalue weighted by Crippen LogP contribution is 2.12. The molecule has 1 aromatic rings. The summed E-state index contributed by atoms with van der Waals surface area (Å²) in [5, 5.41) is 0.726. The second-order valence-corrected chi connectivity index (χ2v) is 4.82. The fraction of sp³-hybridized carbons (Fsp3) is 0.462. The maximum atomic E-state index is 11.7. The monoisotopic (exact) mass is 268 g/mol. The van der Waals surface area contributed by atoms with Gasteiger partial charge in [-0.15, -0.1) is 0 Å². The van der Waals surface area contributed by atoms with Gasteiger partial charge < -0.3 is 15.4 Å². The topological polar surface area (TPSA) is 55.6 Å². The fourth-order valence-corrected chi connectivity index (χ4v) is 2.08. The predicted molar refractivity (Wildman–Crippen MR) is 70.5 cm³/mol. The number of nitrogens with two attached hydrogens (primary N) is 1. The number of nitrogens with zero attached hydrogens (tertiary/aromatic N) is 1. The van der Waals surface area contributed by atoms with E-state index in [1.165, 1.54) is 5.56 Å². The van der Waals surface area contributed by atoms with Crippen molar-refractivity contribution in [2.45, 2.75) is 12.5 Å². The highest BCUT2D eigenvalue weighted by Gasteiger charge is 2.24. The van der Waals surface area contributed by atoms with Gasteiger partial charge in [0, 0.05) is 24.7 Å². The van der Waals surface area contributed by atoms with E-state index in [4.69, 9.17) is 22.1 Å². The largest absolute Gasteiger partial charge is 0.365 e. The molecule has 0 saturated carbocycles. The Hall–Kier alpha value is -1.10. The first-order chi connectivity index (χ1) is 8.69. The minimum absolute atomic E-state index is 0.0343. The minimum atomic E-state index is -0.0343. The van der Waals surface area contributed by atoms with Crippen LogP contribution in [0.25, 0.3) is 0 Å². The van der Waals surface area contributed by atoms with Gasteiger partial charge in [-0.25, -0.2) is 0 Å². The second kappa shape index (κ2) is 6.18. The van der Waals surface area contributed by atoms with Crippen LogP contribution in [0.1, 0.15) is 5.56 Å². The highest BCUT2D eigenvalue weighted by molar-refractivity contribution is 6.30. The van der Waals surface area contributed by atoms with E-state index in [1.807, 2.05) is 29.2 Å². The lowest BCUT2D eigenvalue weighted by molar-refractivity contribution is -0.148. The number of amides is 1. The van der Waals surface area contributed by atoms with Crippen LogP contribution in [0.5, 0.6) is 0 Å². The molecule has 18 heavy (non-hydrogen) atoms. The van der Waals surface area contributed by atoms with E-state index in [-0.39, 0.29) is 18.6 Å². The summed E-state index contributed by atoms with van der Waals surface area (Å²) in [5.41, 5.74) is 6.73. The molecular weight excluding hydrogens is 252 g/mol. The zero-order valence-electron chi connectivity index (χ0n) is 10.1. The average Bonchev–Trinajstić information content (AvgIpc) is 2.40. The van der Waals surface area contributed by atoms with Crippen LogP contribution in [-0.2, 0) is 16.0 Å². The zero-order chi connectivity index (χ0) is 13.0. The number of carbonyl (C=O) groups excluding carboxylic acids is 1. The number of rotatable bonds is 4. The Bertz CT molecular complexity index is 408. The van der Waals surface area contributed by atoms with Crippen molar-refractivity contribution in [2.75, 3.05) is 26.2 Å². The summed E-state index contributed by atoms with van der Waals surface area (Å²) in [4.78, 5) is 13.5. The molecule has 1 aliphatic heterocycles. The minimum Gasteiger partial charge on any atom is -0.365 e. The predicted octanol–water partition coefficient (Wildman–Crippen LogP) is 1.07. The van der Waals surface area contributed by atoms with E-state index < -0.39 is 0 Å². The molecule has 0 aliphatic carbocycles. The van der Waals surface area contributed by atoms with Crippen molar-refractivity contribution in [3.05, 3.63) is 34.9 Å². The molecule has 2 rings (SSSR count). The van der Waals surface area contributed by atoms with Crippen molar-refractivity contribution in [1.29, 1.82) is 0 Å². The molecule has 4 nitrogen and oxygen atoms in total. The number of ether oxygens (including phenoxy) is 1. The Morgan fingerprint density at radius 3 is 2.78 bits per heavy atom. The smallest absolute Gasteiger partial charge is 0.248 e. The van der Waals surface area contributed by atoms with Gasteiger partial charge in [0.05, 0.1) is 6.10 Å². The van der Waals surface area contributed by atoms with Gasteiger partial charge in [0.25, 0.3) is 0 Å². The van der Waals surface area contributed by atoms with Gasteiger partial charge in [-0.2, -0.15) is 0 Å². The number of morpholine rings is 1. The molecule has 1 unspecified atom stereocenters. The van der Waals surface area contributed by atoms with Crippen molar-refractivity contribution in [3.8, 4) is 0 Å². The van der Waals surface area contributed by atoms with Crippen LogP contribution < -0.4 is 5.73 Å². The molecule has 2 N–H and O–H groups in total. The molecular formula is C13H17ClN2O2. The molecule has 1 atom stereocenters. The molecule has 98 valence electrons. The normalized spacial score (nSPS) is 20.2. The van der Waals surface area contributed by atoms with Crippen LogP contribution in [0.15, 0.2) is 24.3 Å². The first-order valence-electron chi connectivity index (χ1n) is 6.03. The quantitative estimate of drug-likeness (QED) is 0.889. The standard InChI is InChI=1S/C13H17ClN2O2/c14-11-3-1-10(2-4-11)5-6-16-8-12(7-15)18-9-13(16)17/h1-4,12H,5-9,15H2. The summed E-state index contributed by atoms with van der Waals surface area (Å²) < 4.78 is 5.30. The second-order valence-electron chi connectivity index (χ2n) is 4.38. The van der Waals surface area contributed by atoms with Crippen LogP contribution in [-0.4, -0.2) is 43.2 Å². The molecule has 1 amide bonds. The Balaban J connectivity index is 1.88. The Morgan fingerprint density at radius 1 is 1.39 bits per heavy atom.